The summed E-state index contributed by atoms with van der Waals surface area (Å²) < 4.78 is 0. The van der Waals surface area contributed by atoms with Crippen LogP contribution in [0.3, 0.4) is 0 Å². The van der Waals surface area contributed by atoms with Gasteiger partial charge in [-0.3, -0.25) is 0 Å². The van der Waals surface area contributed by atoms with Gasteiger partial charge in [-0.25, -0.2) is 9.59 Å². The number of rotatable bonds is 18. The van der Waals surface area contributed by atoms with Crippen LogP contribution in [-0.4, -0.2) is 57.1 Å². The largest absolute Gasteiger partial charge is 2.00 e. The van der Waals surface area contributed by atoms with Crippen LogP contribution in [0.15, 0.2) is 24.3 Å². The van der Waals surface area contributed by atoms with Crippen LogP contribution >= 0.6 is 0 Å². The number of carboxylic acid groups (broad SMARTS) is 4. The molecule has 0 aromatic heterocycles. The fourth-order valence-corrected chi connectivity index (χ4v) is 2.45. The second-order valence-electron chi connectivity index (χ2n) is 8.66. The second-order valence-corrected chi connectivity index (χ2v) is 8.66. The van der Waals surface area contributed by atoms with Gasteiger partial charge in [-0.15, -0.1) is 0 Å². The summed E-state index contributed by atoms with van der Waals surface area (Å²) in [5, 5.41) is 35.8. The molecule has 0 amide bonds. The molecule has 0 aliphatic carbocycles. The molecule has 0 unspecified atom stereocenters. The van der Waals surface area contributed by atoms with Crippen molar-refractivity contribution in [3.63, 3.8) is 0 Å². The molecule has 0 radical (unpaired) electrons. The maximum absolute atomic E-state index is 10.0. The smallest absolute Gasteiger partial charge is 0.550 e. The third kappa shape index (κ3) is 60.5. The molecule has 8 nitrogen and oxygen atoms in total. The second kappa shape index (κ2) is 36.3. The molecule has 0 fully saturated rings. The zero-order valence-electron chi connectivity index (χ0n) is 23.8. The molecule has 0 atom stereocenters. The standard InChI is InChI=1S/2C10H20O2.2C4H6O2.Mg/c2*1-2-3-4-5-6-7-8-9-10(11)12;2*1-3(2)4(5)6;/h2*2-9H2,1H3,(H,11,12);2*1H2,2H3,(H,5,6);/q;;;;+2/p-2. The van der Waals surface area contributed by atoms with Crippen molar-refractivity contribution >= 4 is 46.9 Å². The van der Waals surface area contributed by atoms with Crippen molar-refractivity contribution in [3.8, 4) is 0 Å². The van der Waals surface area contributed by atoms with Gasteiger partial charge in [-0.1, -0.05) is 104 Å². The van der Waals surface area contributed by atoms with Crippen molar-refractivity contribution in [1.82, 2.24) is 0 Å². The van der Waals surface area contributed by atoms with Crippen molar-refractivity contribution in [2.75, 3.05) is 0 Å². The van der Waals surface area contributed by atoms with Gasteiger partial charge in [0, 0.05) is 23.1 Å². The predicted octanol–water partition coefficient (Wildman–Crippen LogP) is 4.67. The summed E-state index contributed by atoms with van der Waals surface area (Å²) in [5.41, 5.74) is 0.352. The van der Waals surface area contributed by atoms with E-state index in [0.29, 0.717) is 0 Å². The van der Waals surface area contributed by atoms with Gasteiger partial charge in [0.05, 0.1) is 0 Å². The summed E-state index contributed by atoms with van der Waals surface area (Å²) in [4.78, 5) is 39.2. The molecule has 0 heterocycles. The molecule has 212 valence electrons. The molecule has 0 bridgehead atoms. The minimum Gasteiger partial charge on any atom is -0.550 e. The Morgan fingerprint density at radius 3 is 0.892 bits per heavy atom. The van der Waals surface area contributed by atoms with Crippen LogP contribution in [0.25, 0.3) is 0 Å². The Morgan fingerprint density at radius 2 is 0.730 bits per heavy atom. The summed E-state index contributed by atoms with van der Waals surface area (Å²) in [6, 6.07) is 0. The van der Waals surface area contributed by atoms with Crippen LogP contribution in [-0.2, 0) is 19.2 Å². The molecule has 0 spiro atoms. The van der Waals surface area contributed by atoms with E-state index in [1.807, 2.05) is 0 Å². The number of unbranched alkanes of at least 4 members (excludes halogenated alkanes) is 12. The molecule has 0 aliphatic rings. The van der Waals surface area contributed by atoms with E-state index in [4.69, 9.17) is 10.2 Å². The predicted molar refractivity (Wildman–Crippen MR) is 146 cm³/mol. The summed E-state index contributed by atoms with van der Waals surface area (Å²) in [6.07, 6.45) is 16.7. The summed E-state index contributed by atoms with van der Waals surface area (Å²) in [7, 11) is 0. The van der Waals surface area contributed by atoms with Gasteiger partial charge in [-0.2, -0.15) is 0 Å². The molecule has 2 N–H and O–H groups in total. The monoisotopic (exact) mass is 538 g/mol. The SMILES string of the molecule is C=C(C)C(=O)O.C=C(C)C(=O)O.CCCCCCCCCC(=O)[O-].CCCCCCCCCC(=O)[O-].[Mg+2]. The van der Waals surface area contributed by atoms with Crippen molar-refractivity contribution < 1.29 is 39.6 Å². The van der Waals surface area contributed by atoms with Gasteiger partial charge in [0.2, 0.25) is 0 Å². The van der Waals surface area contributed by atoms with Crippen LogP contribution in [0.2, 0.25) is 0 Å². The Morgan fingerprint density at radius 1 is 0.541 bits per heavy atom. The van der Waals surface area contributed by atoms with E-state index in [-0.39, 0.29) is 47.0 Å². The first-order valence-electron chi connectivity index (χ1n) is 13.0. The van der Waals surface area contributed by atoms with Crippen molar-refractivity contribution in [3.05, 3.63) is 24.3 Å². The van der Waals surface area contributed by atoms with Gasteiger partial charge in [0.25, 0.3) is 0 Å². The van der Waals surface area contributed by atoms with Gasteiger partial charge < -0.3 is 30.0 Å². The van der Waals surface area contributed by atoms with Crippen LogP contribution in [0.4, 0.5) is 0 Å². The average Bonchev–Trinajstić information content (AvgIpc) is 2.78. The van der Waals surface area contributed by atoms with Gasteiger partial charge >= 0.3 is 35.0 Å². The van der Waals surface area contributed by atoms with E-state index >= 15 is 0 Å². The Hall–Kier alpha value is -1.87. The Bertz CT molecular complexity index is 527. The molecule has 0 saturated heterocycles. The Balaban J connectivity index is -0.000000128. The molecule has 9 heteroatoms. The number of hydrogen-bond acceptors (Lipinski definition) is 6. The topological polar surface area (TPSA) is 155 Å². The Labute approximate surface area is 240 Å². The van der Waals surface area contributed by atoms with E-state index in [1.54, 1.807) is 0 Å². The maximum atomic E-state index is 10.0. The fourth-order valence-electron chi connectivity index (χ4n) is 2.45. The number of aliphatic carboxylic acids is 4. The van der Waals surface area contributed by atoms with Crippen LogP contribution in [0.1, 0.15) is 130 Å². The van der Waals surface area contributed by atoms with Crippen LogP contribution in [0.5, 0.6) is 0 Å². The minimum atomic E-state index is -0.935. The fraction of sp³-hybridized carbons (Fsp3) is 0.714. The number of carboxylic acids is 4. The Kier molecular flexibility index (Phi) is 44.2. The molecule has 0 saturated carbocycles. The summed E-state index contributed by atoms with van der Waals surface area (Å²) in [5.74, 6) is -3.70. The van der Waals surface area contributed by atoms with Crippen molar-refractivity contribution in [2.24, 2.45) is 0 Å². The van der Waals surface area contributed by atoms with Gasteiger partial charge in [0.1, 0.15) is 0 Å². The van der Waals surface area contributed by atoms with E-state index in [1.165, 1.54) is 78.1 Å². The first kappa shape index (κ1) is 45.1. The summed E-state index contributed by atoms with van der Waals surface area (Å²) >= 11 is 0. The van der Waals surface area contributed by atoms with Crippen LogP contribution < -0.4 is 10.2 Å². The quantitative estimate of drug-likeness (QED) is 0.145. The van der Waals surface area contributed by atoms with E-state index in [0.717, 1.165) is 25.7 Å². The van der Waals surface area contributed by atoms with E-state index in [9.17, 15) is 29.4 Å². The van der Waals surface area contributed by atoms with Gasteiger partial charge in [-0.05, 0) is 39.5 Å². The van der Waals surface area contributed by atoms with Crippen LogP contribution in [0, 0.1) is 0 Å². The van der Waals surface area contributed by atoms with E-state index < -0.39 is 23.9 Å². The molecular weight excluding hydrogens is 489 g/mol. The van der Waals surface area contributed by atoms with Gasteiger partial charge in [0.15, 0.2) is 0 Å². The number of hydrogen-bond donors (Lipinski definition) is 2. The first-order chi connectivity index (χ1) is 16.8. The number of carbonyl (C=O) groups excluding carboxylic acids is 2. The number of carbonyl (C=O) groups is 4. The van der Waals surface area contributed by atoms with Crippen molar-refractivity contribution in [1.29, 1.82) is 0 Å². The maximum Gasteiger partial charge on any atom is 2.00 e. The zero-order valence-corrected chi connectivity index (χ0v) is 25.2. The molecule has 0 rings (SSSR count). The average molecular weight is 539 g/mol. The molecule has 37 heavy (non-hydrogen) atoms. The molecule has 0 aliphatic heterocycles. The zero-order chi connectivity index (χ0) is 28.8. The van der Waals surface area contributed by atoms with Crippen molar-refractivity contribution in [2.45, 2.75) is 130 Å². The van der Waals surface area contributed by atoms with E-state index in [2.05, 4.69) is 27.0 Å². The third-order valence-electron chi connectivity index (χ3n) is 4.70. The molecule has 0 aromatic carbocycles. The summed E-state index contributed by atoms with van der Waals surface area (Å²) in [6.45, 7) is 13.6. The first-order valence-corrected chi connectivity index (χ1v) is 13.0. The minimum absolute atomic E-state index is 0. The third-order valence-corrected chi connectivity index (χ3v) is 4.70. The molecular formula is C28H50MgO8. The normalized spacial score (nSPS) is 8.97. The molecule has 0 aromatic rings.